The number of likely N-dealkylation sites (tertiary alicyclic amines) is 1. The smallest absolute Gasteiger partial charge is 0.317 e. The van der Waals surface area contributed by atoms with Crippen LogP contribution in [0.1, 0.15) is 36.4 Å². The van der Waals surface area contributed by atoms with Gasteiger partial charge in [0.1, 0.15) is 0 Å². The highest BCUT2D eigenvalue weighted by Crippen LogP contribution is 2.32. The maximum atomic E-state index is 13.0. The first-order valence-corrected chi connectivity index (χ1v) is 10.7. The van der Waals surface area contributed by atoms with Crippen LogP contribution in [0.5, 0.6) is 0 Å². The normalized spacial score (nSPS) is 17.2. The molecule has 2 amide bonds. The van der Waals surface area contributed by atoms with Gasteiger partial charge in [-0.1, -0.05) is 36.4 Å². The van der Waals surface area contributed by atoms with Gasteiger partial charge in [-0.2, -0.15) is 0 Å². The second kappa shape index (κ2) is 9.29. The monoisotopic (exact) mass is 383 g/mol. The third-order valence-electron chi connectivity index (χ3n) is 4.98. The Morgan fingerprint density at radius 1 is 1.15 bits per heavy atom. The van der Waals surface area contributed by atoms with E-state index in [4.69, 9.17) is 0 Å². The van der Waals surface area contributed by atoms with Crippen LogP contribution in [0.3, 0.4) is 0 Å². The van der Waals surface area contributed by atoms with E-state index in [9.17, 15) is 4.79 Å². The third kappa shape index (κ3) is 5.05. The molecule has 0 saturated carbocycles. The second-order valence-corrected chi connectivity index (χ2v) is 8.16. The molecule has 3 rings (SSSR count). The number of carbonyl (C=O) groups is 1. The number of nitrogens with zero attached hydrogens (tertiary/aromatic N) is 2. The van der Waals surface area contributed by atoms with E-state index in [1.165, 1.54) is 11.1 Å². The molecule has 0 aliphatic carbocycles. The number of nitrogens with one attached hydrogen (secondary N) is 1. The lowest BCUT2D eigenvalue weighted by Crippen LogP contribution is -2.41. The van der Waals surface area contributed by atoms with Gasteiger partial charge in [-0.25, -0.2) is 4.79 Å². The number of anilines is 1. The summed E-state index contributed by atoms with van der Waals surface area (Å²) in [5.74, 6) is 0. The van der Waals surface area contributed by atoms with Crippen molar-refractivity contribution in [2.24, 2.45) is 0 Å². The van der Waals surface area contributed by atoms with Crippen molar-refractivity contribution in [3.8, 4) is 0 Å². The first kappa shape index (κ1) is 19.8. The van der Waals surface area contributed by atoms with Gasteiger partial charge in [0.2, 0.25) is 0 Å². The van der Waals surface area contributed by atoms with E-state index in [-0.39, 0.29) is 12.1 Å². The van der Waals surface area contributed by atoms with Crippen LogP contribution < -0.4 is 5.32 Å². The third-order valence-corrected chi connectivity index (χ3v) is 5.77. The van der Waals surface area contributed by atoms with Gasteiger partial charge in [0, 0.05) is 18.0 Å². The van der Waals surface area contributed by atoms with Gasteiger partial charge in [-0.3, -0.25) is 0 Å². The summed E-state index contributed by atoms with van der Waals surface area (Å²) in [6, 6.07) is 16.9. The van der Waals surface area contributed by atoms with Crippen molar-refractivity contribution < 1.29 is 4.79 Å². The Morgan fingerprint density at radius 3 is 2.59 bits per heavy atom. The first-order valence-electron chi connectivity index (χ1n) is 9.52. The highest BCUT2D eigenvalue weighted by atomic mass is 32.2. The minimum atomic E-state index is -0.00133. The minimum Gasteiger partial charge on any atom is -0.317 e. The van der Waals surface area contributed by atoms with Crippen molar-refractivity contribution in [2.75, 3.05) is 32.2 Å². The van der Waals surface area contributed by atoms with Crippen LogP contribution in [0.2, 0.25) is 0 Å². The van der Waals surface area contributed by atoms with Crippen molar-refractivity contribution >= 4 is 23.5 Å². The summed E-state index contributed by atoms with van der Waals surface area (Å²) in [6.07, 6.45) is 5.27. The van der Waals surface area contributed by atoms with Crippen LogP contribution in [-0.4, -0.2) is 42.7 Å². The highest BCUT2D eigenvalue weighted by Gasteiger charge is 2.28. The van der Waals surface area contributed by atoms with E-state index < -0.39 is 0 Å². The molecule has 4 nitrogen and oxygen atoms in total. The molecule has 2 aromatic carbocycles. The number of benzene rings is 2. The summed E-state index contributed by atoms with van der Waals surface area (Å²) < 4.78 is 0. The van der Waals surface area contributed by atoms with E-state index in [0.717, 1.165) is 42.9 Å². The average Bonchev–Trinajstić information content (AvgIpc) is 2.68. The summed E-state index contributed by atoms with van der Waals surface area (Å²) >= 11 is 1.65. The molecular weight excluding hydrogens is 354 g/mol. The van der Waals surface area contributed by atoms with E-state index in [2.05, 4.69) is 48.6 Å². The van der Waals surface area contributed by atoms with Crippen molar-refractivity contribution in [3.63, 3.8) is 0 Å². The van der Waals surface area contributed by atoms with Crippen LogP contribution in [0.15, 0.2) is 53.4 Å². The molecular formula is C22H29N3OS. The lowest BCUT2D eigenvalue weighted by molar-refractivity contribution is 0.163. The van der Waals surface area contributed by atoms with Gasteiger partial charge in [0.05, 0.1) is 11.7 Å². The van der Waals surface area contributed by atoms with Crippen LogP contribution in [0.4, 0.5) is 10.5 Å². The maximum absolute atomic E-state index is 13.0. The molecule has 1 aliphatic heterocycles. The zero-order valence-electron chi connectivity index (χ0n) is 16.4. The number of hydrogen-bond donors (Lipinski definition) is 1. The van der Waals surface area contributed by atoms with Crippen molar-refractivity contribution in [3.05, 3.63) is 59.7 Å². The number of urea groups is 1. The molecule has 2 aromatic rings. The van der Waals surface area contributed by atoms with Gasteiger partial charge in [-0.15, -0.1) is 11.8 Å². The number of carbonyl (C=O) groups excluding carboxylic acids is 1. The molecule has 0 spiro atoms. The molecule has 0 unspecified atom stereocenters. The van der Waals surface area contributed by atoms with Crippen molar-refractivity contribution in [1.82, 2.24) is 9.80 Å². The molecule has 0 radical (unpaired) electrons. The summed E-state index contributed by atoms with van der Waals surface area (Å²) in [4.78, 5) is 18.3. The Morgan fingerprint density at radius 2 is 1.89 bits per heavy atom. The summed E-state index contributed by atoms with van der Waals surface area (Å²) in [6.45, 7) is 1.73. The van der Waals surface area contributed by atoms with Crippen LogP contribution in [0.25, 0.3) is 0 Å². The fourth-order valence-electron chi connectivity index (χ4n) is 3.67. The van der Waals surface area contributed by atoms with Gasteiger partial charge in [0.25, 0.3) is 0 Å². The van der Waals surface area contributed by atoms with Crippen LogP contribution >= 0.6 is 11.8 Å². The summed E-state index contributed by atoms with van der Waals surface area (Å²) in [5, 5.41) is 3.13. The highest BCUT2D eigenvalue weighted by molar-refractivity contribution is 7.98. The van der Waals surface area contributed by atoms with Gasteiger partial charge >= 0.3 is 6.03 Å². The predicted octanol–water partition coefficient (Wildman–Crippen LogP) is 5.23. The molecule has 1 fully saturated rings. The quantitative estimate of drug-likeness (QED) is 0.718. The van der Waals surface area contributed by atoms with E-state index in [1.807, 2.05) is 35.4 Å². The number of hydrogen-bond acceptors (Lipinski definition) is 3. The molecule has 1 atom stereocenters. The van der Waals surface area contributed by atoms with E-state index in [0.29, 0.717) is 0 Å². The number of rotatable bonds is 5. The first-order chi connectivity index (χ1) is 13.1. The SMILES string of the molecule is CSc1ccccc1NC(=O)N1CCCC[C@H]1c1ccc(CN(C)C)cc1. The summed E-state index contributed by atoms with van der Waals surface area (Å²) in [5.41, 5.74) is 3.41. The van der Waals surface area contributed by atoms with Gasteiger partial charge in [0.15, 0.2) is 0 Å². The Bertz CT molecular complexity index is 760. The fraction of sp³-hybridized carbons (Fsp3) is 0.409. The second-order valence-electron chi connectivity index (χ2n) is 7.31. The van der Waals surface area contributed by atoms with Crippen LogP contribution in [0, 0.1) is 0 Å². The maximum Gasteiger partial charge on any atom is 0.322 e. The lowest BCUT2D eigenvalue weighted by Gasteiger charge is -2.36. The molecule has 1 N–H and O–H groups in total. The topological polar surface area (TPSA) is 35.6 Å². The molecule has 27 heavy (non-hydrogen) atoms. The fourth-order valence-corrected chi connectivity index (χ4v) is 4.22. The number of piperidine rings is 1. The standard InChI is InChI=1S/C22H29N3OS/c1-24(2)16-17-11-13-18(14-12-17)20-9-6-7-15-25(20)22(26)23-19-8-4-5-10-21(19)27-3/h4-5,8,10-14,20H,6-7,9,15-16H2,1-3H3,(H,23,26)/t20-/m0/s1. The molecule has 1 saturated heterocycles. The van der Waals surface area contributed by atoms with Gasteiger partial charge < -0.3 is 15.1 Å². The van der Waals surface area contributed by atoms with Crippen molar-refractivity contribution in [1.29, 1.82) is 0 Å². The predicted molar refractivity (Wildman–Crippen MR) is 114 cm³/mol. The molecule has 1 heterocycles. The average molecular weight is 384 g/mol. The number of thioether (sulfide) groups is 1. The lowest BCUT2D eigenvalue weighted by atomic mass is 9.95. The zero-order valence-corrected chi connectivity index (χ0v) is 17.3. The van der Waals surface area contributed by atoms with Crippen molar-refractivity contribution in [2.45, 2.75) is 36.7 Å². The molecule has 5 heteroatoms. The molecule has 0 aromatic heterocycles. The Labute approximate surface area is 166 Å². The Kier molecular flexibility index (Phi) is 6.80. The van der Waals surface area contributed by atoms with E-state index >= 15 is 0 Å². The number of para-hydroxylation sites is 1. The molecule has 1 aliphatic rings. The molecule has 144 valence electrons. The Balaban J connectivity index is 1.75. The zero-order chi connectivity index (χ0) is 19.2. The number of amides is 2. The minimum absolute atomic E-state index is 0.00133. The summed E-state index contributed by atoms with van der Waals surface area (Å²) in [7, 11) is 4.15. The van der Waals surface area contributed by atoms with E-state index in [1.54, 1.807) is 11.8 Å². The Hall–Kier alpha value is -1.98. The van der Waals surface area contributed by atoms with Gasteiger partial charge in [-0.05, 0) is 62.9 Å². The molecule has 0 bridgehead atoms. The largest absolute Gasteiger partial charge is 0.322 e. The van der Waals surface area contributed by atoms with Crippen LogP contribution in [-0.2, 0) is 6.54 Å².